The zero-order valence-corrected chi connectivity index (χ0v) is 10.8. The average molecular weight is 267 g/mol. The molecule has 1 aromatic heterocycles. The van der Waals surface area contributed by atoms with E-state index < -0.39 is 0 Å². The second-order valence-corrected chi connectivity index (χ2v) is 4.91. The van der Waals surface area contributed by atoms with Gasteiger partial charge in [-0.25, -0.2) is 4.39 Å². The molecule has 2 aromatic rings. The molecule has 0 bridgehead atoms. The number of benzene rings is 1. The fourth-order valence-corrected chi connectivity index (χ4v) is 2.31. The molecular weight excluding hydrogens is 253 g/mol. The van der Waals surface area contributed by atoms with Gasteiger partial charge in [0.15, 0.2) is 5.82 Å². The summed E-state index contributed by atoms with van der Waals surface area (Å²) in [5.74, 6) is 1.44. The molecule has 1 aromatic carbocycles. The molecule has 0 aliphatic carbocycles. The number of rotatable bonds is 5. The smallest absolute Gasteiger partial charge is 0.237 e. The third kappa shape index (κ3) is 3.46. The van der Waals surface area contributed by atoms with E-state index in [9.17, 15) is 4.39 Å². The molecule has 4 nitrogen and oxygen atoms in total. The summed E-state index contributed by atoms with van der Waals surface area (Å²) < 4.78 is 18.2. The van der Waals surface area contributed by atoms with Crippen LogP contribution in [0.4, 0.5) is 10.1 Å². The summed E-state index contributed by atoms with van der Waals surface area (Å²) in [5, 5.41) is 3.86. The molecule has 2 rings (SSSR count). The number of aryl methyl sites for hydroxylation is 1. The number of nitrogens with two attached hydrogens (primary N) is 1. The summed E-state index contributed by atoms with van der Waals surface area (Å²) >= 11 is 1.42. The van der Waals surface area contributed by atoms with Gasteiger partial charge in [0, 0.05) is 17.0 Å². The van der Waals surface area contributed by atoms with Crippen LogP contribution in [-0.4, -0.2) is 10.1 Å². The van der Waals surface area contributed by atoms with Gasteiger partial charge in [-0.2, -0.15) is 4.98 Å². The Hall–Kier alpha value is -1.56. The van der Waals surface area contributed by atoms with Gasteiger partial charge in [-0.15, -0.1) is 11.8 Å². The Balaban J connectivity index is 1.97. The standard InChI is InChI=1S/C12H14FN3OS/c1-2-3-11-15-12(17-16-11)7-18-10-5-8(13)4-9(14)6-10/h4-6H,2-3,7,14H2,1H3. The minimum atomic E-state index is -0.338. The minimum Gasteiger partial charge on any atom is -0.399 e. The summed E-state index contributed by atoms with van der Waals surface area (Å²) in [6, 6.07) is 4.44. The van der Waals surface area contributed by atoms with Crippen molar-refractivity contribution in [2.45, 2.75) is 30.4 Å². The summed E-state index contributed by atoms with van der Waals surface area (Å²) in [4.78, 5) is 4.99. The molecule has 0 spiro atoms. The molecule has 18 heavy (non-hydrogen) atoms. The highest BCUT2D eigenvalue weighted by atomic mass is 32.2. The quantitative estimate of drug-likeness (QED) is 0.666. The topological polar surface area (TPSA) is 64.9 Å². The third-order valence-electron chi connectivity index (χ3n) is 2.24. The van der Waals surface area contributed by atoms with E-state index >= 15 is 0 Å². The van der Waals surface area contributed by atoms with Gasteiger partial charge in [0.1, 0.15) is 5.82 Å². The van der Waals surface area contributed by atoms with Crippen molar-refractivity contribution in [1.29, 1.82) is 0 Å². The molecule has 0 atom stereocenters. The first-order chi connectivity index (χ1) is 8.67. The van der Waals surface area contributed by atoms with Crippen molar-refractivity contribution in [3.63, 3.8) is 0 Å². The Labute approximate surface area is 109 Å². The largest absolute Gasteiger partial charge is 0.399 e. The molecule has 0 unspecified atom stereocenters. The SMILES string of the molecule is CCCc1noc(CSc2cc(N)cc(F)c2)n1. The van der Waals surface area contributed by atoms with Gasteiger partial charge in [-0.05, 0) is 24.6 Å². The number of nitrogen functional groups attached to an aromatic ring is 1. The maximum atomic E-state index is 13.1. The number of hydrogen-bond acceptors (Lipinski definition) is 5. The highest BCUT2D eigenvalue weighted by molar-refractivity contribution is 7.98. The van der Waals surface area contributed by atoms with Crippen LogP contribution in [-0.2, 0) is 12.2 Å². The fourth-order valence-electron chi connectivity index (χ4n) is 1.49. The number of halogens is 1. The monoisotopic (exact) mass is 267 g/mol. The number of nitrogens with zero attached hydrogens (tertiary/aromatic N) is 2. The Morgan fingerprint density at radius 2 is 2.22 bits per heavy atom. The second-order valence-electron chi connectivity index (χ2n) is 3.86. The van der Waals surface area contributed by atoms with Gasteiger partial charge in [0.05, 0.1) is 5.75 Å². The summed E-state index contributed by atoms with van der Waals surface area (Å²) in [6.45, 7) is 2.06. The van der Waals surface area contributed by atoms with E-state index in [4.69, 9.17) is 10.3 Å². The molecule has 0 saturated heterocycles. The van der Waals surface area contributed by atoms with Gasteiger partial charge >= 0.3 is 0 Å². The number of hydrogen-bond donors (Lipinski definition) is 1. The van der Waals surface area contributed by atoms with Crippen LogP contribution in [0.3, 0.4) is 0 Å². The minimum absolute atomic E-state index is 0.338. The molecule has 0 saturated carbocycles. The number of anilines is 1. The maximum Gasteiger partial charge on any atom is 0.237 e. The van der Waals surface area contributed by atoms with E-state index in [1.165, 1.54) is 23.9 Å². The highest BCUT2D eigenvalue weighted by Crippen LogP contribution is 2.25. The third-order valence-corrected chi connectivity index (χ3v) is 3.20. The van der Waals surface area contributed by atoms with Gasteiger partial charge in [0.2, 0.25) is 5.89 Å². The van der Waals surface area contributed by atoms with E-state index in [-0.39, 0.29) is 5.82 Å². The molecule has 0 aliphatic rings. The van der Waals surface area contributed by atoms with Crippen LogP contribution in [0.15, 0.2) is 27.6 Å². The van der Waals surface area contributed by atoms with Crippen LogP contribution in [0.5, 0.6) is 0 Å². The van der Waals surface area contributed by atoms with Gasteiger partial charge in [0.25, 0.3) is 0 Å². The second kappa shape index (κ2) is 5.86. The van der Waals surface area contributed by atoms with Crippen LogP contribution in [0.2, 0.25) is 0 Å². The lowest BCUT2D eigenvalue weighted by Gasteiger charge is -2.00. The zero-order chi connectivity index (χ0) is 13.0. The van der Waals surface area contributed by atoms with E-state index in [1.54, 1.807) is 6.07 Å². The van der Waals surface area contributed by atoms with E-state index in [0.717, 1.165) is 17.7 Å². The molecule has 96 valence electrons. The first kappa shape index (κ1) is 12.9. The predicted octanol–water partition coefficient (Wildman–Crippen LogP) is 3.04. The number of thioether (sulfide) groups is 1. The zero-order valence-electron chi connectivity index (χ0n) is 10.0. The Bertz CT molecular complexity index is 510. The lowest BCUT2D eigenvalue weighted by atomic mass is 10.3. The van der Waals surface area contributed by atoms with Crippen molar-refractivity contribution < 1.29 is 8.91 Å². The van der Waals surface area contributed by atoms with Crippen LogP contribution in [0.1, 0.15) is 25.1 Å². The Morgan fingerprint density at radius 1 is 1.39 bits per heavy atom. The first-order valence-corrected chi connectivity index (χ1v) is 6.66. The molecule has 6 heteroatoms. The molecule has 0 aliphatic heterocycles. The average Bonchev–Trinajstić information content (AvgIpc) is 2.74. The fraction of sp³-hybridized carbons (Fsp3) is 0.333. The van der Waals surface area contributed by atoms with E-state index in [0.29, 0.717) is 23.2 Å². The van der Waals surface area contributed by atoms with Gasteiger partial charge in [-0.1, -0.05) is 12.1 Å². The Kier molecular flexibility index (Phi) is 4.19. The van der Waals surface area contributed by atoms with Crippen LogP contribution in [0, 0.1) is 5.82 Å². The van der Waals surface area contributed by atoms with Crippen molar-refractivity contribution in [3.05, 3.63) is 35.7 Å². The van der Waals surface area contributed by atoms with Gasteiger partial charge < -0.3 is 10.3 Å². The molecule has 1 heterocycles. The van der Waals surface area contributed by atoms with Crippen molar-refractivity contribution in [2.75, 3.05) is 5.73 Å². The lowest BCUT2D eigenvalue weighted by Crippen LogP contribution is -1.89. The van der Waals surface area contributed by atoms with Crippen LogP contribution < -0.4 is 5.73 Å². The van der Waals surface area contributed by atoms with E-state index in [2.05, 4.69) is 17.1 Å². The molecule has 0 amide bonds. The molecular formula is C12H14FN3OS. The normalized spacial score (nSPS) is 10.8. The van der Waals surface area contributed by atoms with Crippen molar-refractivity contribution in [2.24, 2.45) is 0 Å². The molecule has 0 fully saturated rings. The van der Waals surface area contributed by atoms with Crippen molar-refractivity contribution in [1.82, 2.24) is 10.1 Å². The van der Waals surface area contributed by atoms with Gasteiger partial charge in [-0.3, -0.25) is 0 Å². The first-order valence-electron chi connectivity index (χ1n) is 5.67. The van der Waals surface area contributed by atoms with Crippen LogP contribution >= 0.6 is 11.8 Å². The maximum absolute atomic E-state index is 13.1. The highest BCUT2D eigenvalue weighted by Gasteiger charge is 2.07. The molecule has 2 N–H and O–H groups in total. The lowest BCUT2D eigenvalue weighted by molar-refractivity contribution is 0.384. The Morgan fingerprint density at radius 3 is 2.94 bits per heavy atom. The van der Waals surface area contributed by atoms with E-state index in [1.807, 2.05) is 0 Å². The summed E-state index contributed by atoms with van der Waals surface area (Å²) in [6.07, 6.45) is 1.79. The summed E-state index contributed by atoms with van der Waals surface area (Å²) in [7, 11) is 0. The van der Waals surface area contributed by atoms with Crippen LogP contribution in [0.25, 0.3) is 0 Å². The van der Waals surface area contributed by atoms with Crippen molar-refractivity contribution in [3.8, 4) is 0 Å². The summed E-state index contributed by atoms with van der Waals surface area (Å²) in [5.41, 5.74) is 5.98. The number of aromatic nitrogens is 2. The predicted molar refractivity (Wildman–Crippen MR) is 68.7 cm³/mol. The molecule has 0 radical (unpaired) electrons. The van der Waals surface area contributed by atoms with Crippen molar-refractivity contribution >= 4 is 17.4 Å².